The fraction of sp³-hybridized carbons (Fsp3) is 0.360. The number of morpholine rings is 1. The first kappa shape index (κ1) is 22.8. The van der Waals surface area contributed by atoms with Gasteiger partial charge in [0.05, 0.1) is 64.4 Å². The van der Waals surface area contributed by atoms with Crippen molar-refractivity contribution < 1.29 is 28.6 Å². The molecule has 1 fully saturated rings. The molecule has 0 saturated carbocycles. The van der Waals surface area contributed by atoms with Crippen molar-refractivity contribution in [1.82, 2.24) is 10.3 Å². The molecule has 0 unspecified atom stereocenters. The predicted octanol–water partition coefficient (Wildman–Crippen LogP) is 1.57. The number of nitrogens with one attached hydrogen (secondary N) is 2. The van der Waals surface area contributed by atoms with Crippen LogP contribution in [0.5, 0.6) is 17.2 Å². The Bertz CT molecular complexity index is 1100. The van der Waals surface area contributed by atoms with Crippen LogP contribution in [-0.4, -0.2) is 71.6 Å². The molecule has 0 radical (unpaired) electrons. The van der Waals surface area contributed by atoms with Gasteiger partial charge in [-0.05, 0) is 24.3 Å². The van der Waals surface area contributed by atoms with Crippen molar-refractivity contribution in [2.24, 2.45) is 0 Å². The van der Waals surface area contributed by atoms with E-state index in [9.17, 15) is 4.79 Å². The van der Waals surface area contributed by atoms with Gasteiger partial charge in [-0.2, -0.15) is 0 Å². The van der Waals surface area contributed by atoms with Crippen LogP contribution in [0.2, 0.25) is 0 Å². The number of methoxy groups -OCH3 is 3. The second-order valence-electron chi connectivity index (χ2n) is 7.85. The molecule has 2 heterocycles. The van der Waals surface area contributed by atoms with Crippen molar-refractivity contribution in [3.8, 4) is 28.5 Å². The second kappa shape index (κ2) is 10.5. The number of carbonyl (C=O) groups excluding carboxylic acids is 1. The molecule has 2 aromatic carbocycles. The molecule has 8 nitrogen and oxygen atoms in total. The normalized spacial score (nSPS) is 14.2. The fourth-order valence-corrected chi connectivity index (χ4v) is 4.10. The first-order valence-corrected chi connectivity index (χ1v) is 11.0. The van der Waals surface area contributed by atoms with Crippen molar-refractivity contribution in [1.29, 1.82) is 0 Å². The van der Waals surface area contributed by atoms with Crippen LogP contribution in [0, 0.1) is 0 Å². The number of rotatable bonds is 8. The number of amides is 1. The molecule has 1 saturated heterocycles. The molecular formula is C25H30N3O5+. The number of hydrogen-bond acceptors (Lipinski definition) is 6. The minimum atomic E-state index is -0.116. The van der Waals surface area contributed by atoms with Crippen LogP contribution in [0.1, 0.15) is 10.4 Å². The van der Waals surface area contributed by atoms with Gasteiger partial charge in [0.15, 0.2) is 11.5 Å². The minimum absolute atomic E-state index is 0.116. The van der Waals surface area contributed by atoms with E-state index in [2.05, 4.69) is 5.32 Å². The molecule has 1 aromatic heterocycles. The lowest BCUT2D eigenvalue weighted by atomic mass is 10.0. The van der Waals surface area contributed by atoms with Gasteiger partial charge in [-0.25, -0.2) is 4.98 Å². The quantitative estimate of drug-likeness (QED) is 0.540. The zero-order valence-corrected chi connectivity index (χ0v) is 19.3. The van der Waals surface area contributed by atoms with Crippen LogP contribution in [0.4, 0.5) is 0 Å². The Morgan fingerprint density at radius 1 is 1.03 bits per heavy atom. The van der Waals surface area contributed by atoms with E-state index in [0.29, 0.717) is 35.1 Å². The number of fused-ring (bicyclic) bond motifs is 1. The van der Waals surface area contributed by atoms with Crippen LogP contribution in [-0.2, 0) is 4.74 Å². The van der Waals surface area contributed by atoms with Crippen LogP contribution in [0.15, 0.2) is 42.5 Å². The Balaban J connectivity index is 1.66. The van der Waals surface area contributed by atoms with Gasteiger partial charge in [-0.15, -0.1) is 0 Å². The average Bonchev–Trinajstić information content (AvgIpc) is 2.87. The smallest absolute Gasteiger partial charge is 0.252 e. The molecular weight excluding hydrogens is 422 g/mol. The number of para-hydroxylation sites is 1. The highest BCUT2D eigenvalue weighted by Gasteiger charge is 2.19. The van der Waals surface area contributed by atoms with Gasteiger partial charge in [-0.1, -0.05) is 18.2 Å². The zero-order valence-electron chi connectivity index (χ0n) is 19.3. The molecule has 1 aliphatic heterocycles. The minimum Gasteiger partial charge on any atom is -0.493 e. The summed E-state index contributed by atoms with van der Waals surface area (Å²) in [5, 5.41) is 3.89. The third kappa shape index (κ3) is 5.02. The highest BCUT2D eigenvalue weighted by atomic mass is 16.5. The topological polar surface area (TPSA) is 83.4 Å². The van der Waals surface area contributed by atoms with Crippen LogP contribution in [0.25, 0.3) is 22.2 Å². The Hall–Kier alpha value is -3.36. The number of quaternary nitrogens is 1. The lowest BCUT2D eigenvalue weighted by Crippen LogP contribution is -3.14. The van der Waals surface area contributed by atoms with Crippen LogP contribution >= 0.6 is 0 Å². The maximum atomic E-state index is 13.2. The Morgan fingerprint density at radius 2 is 1.73 bits per heavy atom. The predicted molar refractivity (Wildman–Crippen MR) is 126 cm³/mol. The molecule has 33 heavy (non-hydrogen) atoms. The van der Waals surface area contributed by atoms with Gasteiger partial charge in [0.1, 0.15) is 13.1 Å². The van der Waals surface area contributed by atoms with Crippen LogP contribution < -0.4 is 24.4 Å². The molecule has 0 atom stereocenters. The van der Waals surface area contributed by atoms with E-state index in [-0.39, 0.29) is 5.91 Å². The first-order valence-electron chi connectivity index (χ1n) is 11.0. The van der Waals surface area contributed by atoms with Crippen molar-refractivity contribution in [3.05, 3.63) is 48.0 Å². The van der Waals surface area contributed by atoms with Gasteiger partial charge in [-0.3, -0.25) is 4.79 Å². The third-order valence-corrected chi connectivity index (χ3v) is 5.89. The number of benzene rings is 2. The van der Waals surface area contributed by atoms with Gasteiger partial charge in [0, 0.05) is 10.9 Å². The number of ether oxygens (including phenoxy) is 4. The summed E-state index contributed by atoms with van der Waals surface area (Å²) in [5.41, 5.74) is 2.74. The summed E-state index contributed by atoms with van der Waals surface area (Å²) in [6.45, 7) is 4.97. The number of nitrogens with zero attached hydrogens (tertiary/aromatic N) is 1. The summed E-state index contributed by atoms with van der Waals surface area (Å²) in [4.78, 5) is 19.4. The van der Waals surface area contributed by atoms with Crippen molar-refractivity contribution in [2.75, 3.05) is 60.7 Å². The second-order valence-corrected chi connectivity index (χ2v) is 7.85. The van der Waals surface area contributed by atoms with E-state index >= 15 is 0 Å². The summed E-state index contributed by atoms with van der Waals surface area (Å²) in [6.07, 6.45) is 0. The summed E-state index contributed by atoms with van der Waals surface area (Å²) < 4.78 is 21.8. The Kier molecular flexibility index (Phi) is 7.26. The van der Waals surface area contributed by atoms with Gasteiger partial charge in [0.25, 0.3) is 5.91 Å². The number of carbonyl (C=O) groups is 1. The van der Waals surface area contributed by atoms with Gasteiger partial charge < -0.3 is 29.2 Å². The van der Waals surface area contributed by atoms with Gasteiger partial charge >= 0.3 is 0 Å². The standard InChI is InChI=1S/C25H29N3O5/c1-30-22-14-17(15-23(31-2)24(22)32-3)21-16-19(18-6-4-5-7-20(18)27-21)25(29)26-8-9-28-10-12-33-13-11-28/h4-7,14-16H,8-13H2,1-3H3,(H,26,29)/p+1. The summed E-state index contributed by atoms with van der Waals surface area (Å²) in [6, 6.07) is 13.1. The molecule has 1 aliphatic rings. The number of hydrogen-bond donors (Lipinski definition) is 2. The van der Waals surface area contributed by atoms with E-state index in [0.717, 1.165) is 49.3 Å². The Labute approximate surface area is 193 Å². The van der Waals surface area contributed by atoms with E-state index in [1.54, 1.807) is 21.3 Å². The van der Waals surface area contributed by atoms with Crippen molar-refractivity contribution in [2.45, 2.75) is 0 Å². The maximum absolute atomic E-state index is 13.2. The van der Waals surface area contributed by atoms with Gasteiger partial charge in [0.2, 0.25) is 5.75 Å². The molecule has 4 rings (SSSR count). The summed E-state index contributed by atoms with van der Waals surface area (Å²) in [5.74, 6) is 1.45. The molecule has 2 N–H and O–H groups in total. The summed E-state index contributed by atoms with van der Waals surface area (Å²) in [7, 11) is 4.71. The van der Waals surface area contributed by atoms with Crippen molar-refractivity contribution in [3.63, 3.8) is 0 Å². The molecule has 0 spiro atoms. The fourth-order valence-electron chi connectivity index (χ4n) is 4.10. The lowest BCUT2D eigenvalue weighted by molar-refractivity contribution is -0.906. The maximum Gasteiger partial charge on any atom is 0.252 e. The highest BCUT2D eigenvalue weighted by molar-refractivity contribution is 6.07. The Morgan fingerprint density at radius 3 is 2.39 bits per heavy atom. The number of pyridine rings is 1. The van der Waals surface area contributed by atoms with E-state index in [1.165, 1.54) is 4.90 Å². The summed E-state index contributed by atoms with van der Waals surface area (Å²) >= 11 is 0. The van der Waals surface area contributed by atoms with E-state index in [1.807, 2.05) is 42.5 Å². The lowest BCUT2D eigenvalue weighted by Gasteiger charge is -2.23. The van der Waals surface area contributed by atoms with Crippen LogP contribution in [0.3, 0.4) is 0 Å². The number of aromatic nitrogens is 1. The van der Waals surface area contributed by atoms with E-state index in [4.69, 9.17) is 23.9 Å². The molecule has 174 valence electrons. The molecule has 8 heteroatoms. The SMILES string of the molecule is COc1cc(-c2cc(C(=O)NCC[NH+]3CCOCC3)c3ccccc3n2)cc(OC)c1OC. The monoisotopic (exact) mass is 452 g/mol. The highest BCUT2D eigenvalue weighted by Crippen LogP contribution is 2.41. The average molecular weight is 453 g/mol. The van der Waals surface area contributed by atoms with E-state index < -0.39 is 0 Å². The molecule has 3 aromatic rings. The zero-order chi connectivity index (χ0) is 23.2. The molecule has 0 aliphatic carbocycles. The molecule has 0 bridgehead atoms. The molecule has 1 amide bonds. The largest absolute Gasteiger partial charge is 0.493 e. The third-order valence-electron chi connectivity index (χ3n) is 5.89. The first-order chi connectivity index (χ1) is 16.1. The van der Waals surface area contributed by atoms with Crippen molar-refractivity contribution >= 4 is 16.8 Å².